The van der Waals surface area contributed by atoms with Crippen LogP contribution in [0.25, 0.3) is 0 Å². The topological polar surface area (TPSA) is 61.4 Å². The van der Waals surface area contributed by atoms with Gasteiger partial charge in [0.2, 0.25) is 11.8 Å². The molecule has 2 saturated carbocycles. The predicted octanol–water partition coefficient (Wildman–Crippen LogP) is 3.44. The minimum absolute atomic E-state index is 0.0982. The Morgan fingerprint density at radius 3 is 2.27 bits per heavy atom. The van der Waals surface area contributed by atoms with Gasteiger partial charge in [-0.25, -0.2) is 13.2 Å². The summed E-state index contributed by atoms with van der Waals surface area (Å²) < 4.78 is 41.8. The molecule has 164 valence electrons. The molecular formula is C22H28F3N3O2. The lowest BCUT2D eigenvalue weighted by Crippen LogP contribution is -2.56. The van der Waals surface area contributed by atoms with Gasteiger partial charge in [0.15, 0.2) is 0 Å². The zero-order valence-corrected chi connectivity index (χ0v) is 17.4. The van der Waals surface area contributed by atoms with E-state index in [0.717, 1.165) is 0 Å². The first kappa shape index (κ1) is 21.0. The summed E-state index contributed by atoms with van der Waals surface area (Å²) in [6, 6.07) is 4.02. The molecule has 0 aromatic heterocycles. The number of likely N-dealkylation sites (tertiary alicyclic amines) is 1. The lowest BCUT2D eigenvalue weighted by Gasteiger charge is -2.37. The summed E-state index contributed by atoms with van der Waals surface area (Å²) in [5.74, 6) is -3.55. The Balaban J connectivity index is 1.57. The van der Waals surface area contributed by atoms with Crippen LogP contribution in [0.1, 0.15) is 51.0 Å². The standard InChI is InChI=1S/C22H28F3N3O2/c1-3-17(29)27-18(19(30)28-10-8-20(9-11-28)13-22(20,24)25)21(6-7-21)14-4-5-16(26-2)15(23)12-14/h4-5,12,18,26H,3,6-11,13H2,1-2H3,(H,27,29). The number of alkyl halides is 2. The first-order chi connectivity index (χ1) is 14.2. The highest BCUT2D eigenvalue weighted by molar-refractivity contribution is 5.90. The minimum Gasteiger partial charge on any atom is -0.386 e. The van der Waals surface area contributed by atoms with Crippen molar-refractivity contribution in [3.8, 4) is 0 Å². The second kappa shape index (κ2) is 7.17. The van der Waals surface area contributed by atoms with Crippen molar-refractivity contribution in [1.29, 1.82) is 0 Å². The van der Waals surface area contributed by atoms with Gasteiger partial charge in [-0.3, -0.25) is 9.59 Å². The van der Waals surface area contributed by atoms with E-state index in [0.29, 0.717) is 24.1 Å². The molecule has 30 heavy (non-hydrogen) atoms. The third-order valence-corrected chi connectivity index (χ3v) is 7.27. The number of benzene rings is 1. The minimum atomic E-state index is -2.62. The van der Waals surface area contributed by atoms with Crippen molar-refractivity contribution < 1.29 is 22.8 Å². The highest BCUT2D eigenvalue weighted by Crippen LogP contribution is 2.66. The molecular weight excluding hydrogens is 395 g/mol. The van der Waals surface area contributed by atoms with Crippen molar-refractivity contribution in [2.75, 3.05) is 25.5 Å². The Bertz CT molecular complexity index is 861. The molecule has 3 aliphatic rings. The zero-order valence-electron chi connectivity index (χ0n) is 17.4. The van der Waals surface area contributed by atoms with Gasteiger partial charge in [-0.15, -0.1) is 0 Å². The summed E-state index contributed by atoms with van der Waals surface area (Å²) in [7, 11) is 1.63. The summed E-state index contributed by atoms with van der Waals surface area (Å²) in [4.78, 5) is 27.2. The largest absolute Gasteiger partial charge is 0.386 e. The molecule has 1 aromatic carbocycles. The number of hydrogen-bond acceptors (Lipinski definition) is 3. The molecule has 3 fully saturated rings. The highest BCUT2D eigenvalue weighted by Gasteiger charge is 2.71. The van der Waals surface area contributed by atoms with Crippen molar-refractivity contribution in [3.05, 3.63) is 29.6 Å². The molecule has 8 heteroatoms. The van der Waals surface area contributed by atoms with Crippen LogP contribution in [0.5, 0.6) is 0 Å². The summed E-state index contributed by atoms with van der Waals surface area (Å²) >= 11 is 0. The molecule has 1 atom stereocenters. The van der Waals surface area contributed by atoms with E-state index < -0.39 is 28.6 Å². The number of hydrogen-bond donors (Lipinski definition) is 2. The molecule has 2 aliphatic carbocycles. The molecule has 0 radical (unpaired) electrons. The van der Waals surface area contributed by atoms with Gasteiger partial charge in [0.1, 0.15) is 11.9 Å². The van der Waals surface area contributed by atoms with Crippen LogP contribution in [0, 0.1) is 11.2 Å². The normalized spacial score (nSPS) is 23.6. The first-order valence-electron chi connectivity index (χ1n) is 10.6. The fourth-order valence-electron chi connectivity index (χ4n) is 4.87. The summed E-state index contributed by atoms with van der Waals surface area (Å²) in [5.41, 5.74) is -0.569. The number of rotatable bonds is 6. The fraction of sp³-hybridized carbons (Fsp3) is 0.636. The molecule has 5 nitrogen and oxygen atoms in total. The van der Waals surface area contributed by atoms with Crippen molar-refractivity contribution in [2.45, 2.75) is 62.8 Å². The van der Waals surface area contributed by atoms with Crippen molar-refractivity contribution in [2.24, 2.45) is 5.41 Å². The smallest absolute Gasteiger partial charge is 0.254 e. The van der Waals surface area contributed by atoms with E-state index in [4.69, 9.17) is 0 Å². The van der Waals surface area contributed by atoms with Crippen LogP contribution in [0.3, 0.4) is 0 Å². The van der Waals surface area contributed by atoms with E-state index in [1.807, 2.05) is 0 Å². The van der Waals surface area contributed by atoms with E-state index in [2.05, 4.69) is 10.6 Å². The van der Waals surface area contributed by atoms with Gasteiger partial charge in [0.25, 0.3) is 5.92 Å². The van der Waals surface area contributed by atoms with Crippen molar-refractivity contribution in [1.82, 2.24) is 10.2 Å². The van der Waals surface area contributed by atoms with Crippen LogP contribution in [0.15, 0.2) is 18.2 Å². The lowest BCUT2D eigenvalue weighted by molar-refractivity contribution is -0.139. The molecule has 4 rings (SSSR count). The maximum Gasteiger partial charge on any atom is 0.254 e. The number of nitrogens with zero attached hydrogens (tertiary/aromatic N) is 1. The van der Waals surface area contributed by atoms with Gasteiger partial charge in [-0.05, 0) is 43.4 Å². The second-order valence-corrected chi connectivity index (χ2v) is 8.94. The summed E-state index contributed by atoms with van der Waals surface area (Å²) in [6.45, 7) is 2.23. The van der Waals surface area contributed by atoms with Gasteiger partial charge in [-0.1, -0.05) is 13.0 Å². The maximum absolute atomic E-state index is 14.4. The van der Waals surface area contributed by atoms with Gasteiger partial charge in [-0.2, -0.15) is 0 Å². The molecule has 2 N–H and O–H groups in total. The highest BCUT2D eigenvalue weighted by atomic mass is 19.3. The number of anilines is 1. The van der Waals surface area contributed by atoms with Crippen molar-refractivity contribution >= 4 is 17.5 Å². The van der Waals surface area contributed by atoms with Gasteiger partial charge in [0, 0.05) is 43.8 Å². The molecule has 1 heterocycles. The monoisotopic (exact) mass is 423 g/mol. The quantitative estimate of drug-likeness (QED) is 0.737. The fourth-order valence-corrected chi connectivity index (χ4v) is 4.87. The first-order valence-corrected chi connectivity index (χ1v) is 10.6. The Morgan fingerprint density at radius 2 is 1.80 bits per heavy atom. The number of carbonyl (C=O) groups is 2. The van der Waals surface area contributed by atoms with E-state index in [1.54, 1.807) is 31.0 Å². The second-order valence-electron chi connectivity index (χ2n) is 8.94. The number of piperidine rings is 1. The molecule has 1 unspecified atom stereocenters. The van der Waals surface area contributed by atoms with Crippen LogP contribution < -0.4 is 10.6 Å². The average Bonchev–Trinajstić information content (AvgIpc) is 3.62. The number of nitrogens with one attached hydrogen (secondary N) is 2. The van der Waals surface area contributed by atoms with Gasteiger partial charge >= 0.3 is 0 Å². The Morgan fingerprint density at radius 1 is 1.17 bits per heavy atom. The van der Waals surface area contributed by atoms with E-state index in [1.165, 1.54) is 6.07 Å². The Kier molecular flexibility index (Phi) is 5.02. The van der Waals surface area contributed by atoms with Gasteiger partial charge < -0.3 is 15.5 Å². The van der Waals surface area contributed by atoms with Crippen LogP contribution >= 0.6 is 0 Å². The van der Waals surface area contributed by atoms with Crippen LogP contribution in [0.4, 0.5) is 18.9 Å². The van der Waals surface area contributed by atoms with Crippen molar-refractivity contribution in [3.63, 3.8) is 0 Å². The molecule has 1 saturated heterocycles. The number of carbonyl (C=O) groups excluding carboxylic acids is 2. The predicted molar refractivity (Wildman–Crippen MR) is 107 cm³/mol. The average molecular weight is 423 g/mol. The number of halogens is 3. The molecule has 2 amide bonds. The summed E-state index contributed by atoms with van der Waals surface area (Å²) in [5, 5.41) is 5.63. The third kappa shape index (κ3) is 3.34. The van der Waals surface area contributed by atoms with E-state index in [-0.39, 0.29) is 50.6 Å². The molecule has 1 aliphatic heterocycles. The molecule has 1 aromatic rings. The van der Waals surface area contributed by atoms with E-state index in [9.17, 15) is 22.8 Å². The molecule has 1 spiro atoms. The Hall–Kier alpha value is -2.25. The van der Waals surface area contributed by atoms with Gasteiger partial charge in [0.05, 0.1) is 5.69 Å². The molecule has 0 bridgehead atoms. The van der Waals surface area contributed by atoms with Crippen LogP contribution in [-0.4, -0.2) is 48.8 Å². The lowest BCUT2D eigenvalue weighted by atomic mass is 9.85. The Labute approximate surface area is 174 Å². The SMILES string of the molecule is CCC(=O)NC(C(=O)N1CCC2(CC1)CC2(F)F)C1(c2ccc(NC)c(F)c2)CC1. The third-order valence-electron chi connectivity index (χ3n) is 7.27. The van der Waals surface area contributed by atoms with Crippen LogP contribution in [-0.2, 0) is 15.0 Å². The summed E-state index contributed by atoms with van der Waals surface area (Å²) in [6.07, 6.45) is 1.99. The van der Waals surface area contributed by atoms with E-state index >= 15 is 0 Å². The van der Waals surface area contributed by atoms with Crippen LogP contribution in [0.2, 0.25) is 0 Å². The zero-order chi connectivity index (χ0) is 21.7. The maximum atomic E-state index is 14.4. The number of amides is 2.